The van der Waals surface area contributed by atoms with Crippen molar-refractivity contribution in [2.24, 2.45) is 5.10 Å². The Labute approximate surface area is 131 Å². The van der Waals surface area contributed by atoms with E-state index in [4.69, 9.17) is 0 Å². The van der Waals surface area contributed by atoms with Crippen molar-refractivity contribution < 1.29 is 9.90 Å². The molecule has 5 heteroatoms. The summed E-state index contributed by atoms with van der Waals surface area (Å²) in [5.74, 6) is -0.0766. The van der Waals surface area contributed by atoms with Gasteiger partial charge in [-0.05, 0) is 36.8 Å². The number of hydrogen-bond donors (Lipinski definition) is 2. The first-order valence-electron chi connectivity index (χ1n) is 6.40. The average molecular weight is 347 g/mol. The van der Waals surface area contributed by atoms with E-state index in [1.54, 1.807) is 18.2 Å². The Bertz CT molecular complexity index is 666. The van der Waals surface area contributed by atoms with E-state index in [2.05, 4.69) is 26.5 Å². The predicted molar refractivity (Wildman–Crippen MR) is 86.4 cm³/mol. The van der Waals surface area contributed by atoms with Crippen molar-refractivity contribution in [3.63, 3.8) is 0 Å². The zero-order valence-electron chi connectivity index (χ0n) is 11.5. The van der Waals surface area contributed by atoms with Gasteiger partial charge in [0.15, 0.2) is 0 Å². The first kappa shape index (κ1) is 15.3. The molecule has 2 N–H and O–H groups in total. The molecule has 2 rings (SSSR count). The van der Waals surface area contributed by atoms with Crippen molar-refractivity contribution >= 4 is 28.1 Å². The van der Waals surface area contributed by atoms with Crippen LogP contribution in [-0.4, -0.2) is 17.2 Å². The molecule has 0 saturated heterocycles. The smallest absolute Gasteiger partial charge is 0.244 e. The number of nitrogens with one attached hydrogen (secondary N) is 1. The number of phenolic OH excluding ortho intramolecular Hbond substituents is 1. The van der Waals surface area contributed by atoms with E-state index in [1.165, 1.54) is 6.21 Å². The summed E-state index contributed by atoms with van der Waals surface area (Å²) < 4.78 is 0.972. The first-order valence-corrected chi connectivity index (χ1v) is 7.20. The molecule has 0 aliphatic heterocycles. The molecule has 4 nitrogen and oxygen atoms in total. The summed E-state index contributed by atoms with van der Waals surface area (Å²) in [5, 5.41) is 13.5. The summed E-state index contributed by atoms with van der Waals surface area (Å²) >= 11 is 3.34. The van der Waals surface area contributed by atoms with Gasteiger partial charge in [-0.2, -0.15) is 5.10 Å². The first-order chi connectivity index (χ1) is 10.0. The fourth-order valence-corrected chi connectivity index (χ4v) is 2.04. The van der Waals surface area contributed by atoms with Crippen LogP contribution in [0.25, 0.3) is 0 Å². The Hall–Kier alpha value is -2.14. The van der Waals surface area contributed by atoms with Gasteiger partial charge < -0.3 is 5.11 Å². The zero-order chi connectivity index (χ0) is 15.2. The molecular formula is C16H15BrN2O2. The Morgan fingerprint density at radius 1 is 1.29 bits per heavy atom. The Balaban J connectivity index is 1.93. The number of nitrogens with zero attached hydrogens (tertiary/aromatic N) is 1. The second-order valence-corrected chi connectivity index (χ2v) is 5.57. The van der Waals surface area contributed by atoms with E-state index >= 15 is 0 Å². The van der Waals surface area contributed by atoms with Crippen LogP contribution < -0.4 is 5.43 Å². The summed E-state index contributed by atoms with van der Waals surface area (Å²) in [7, 11) is 0. The van der Waals surface area contributed by atoms with Crippen molar-refractivity contribution in [1.82, 2.24) is 5.43 Å². The molecule has 0 aliphatic rings. The Kier molecular flexibility index (Phi) is 5.11. The number of phenols is 1. The lowest BCUT2D eigenvalue weighted by Crippen LogP contribution is -2.19. The molecule has 108 valence electrons. The molecule has 0 radical (unpaired) electrons. The molecule has 0 bridgehead atoms. The molecule has 0 aromatic heterocycles. The molecule has 2 aromatic carbocycles. The third kappa shape index (κ3) is 4.72. The monoisotopic (exact) mass is 346 g/mol. The van der Waals surface area contributed by atoms with Gasteiger partial charge >= 0.3 is 0 Å². The molecule has 0 heterocycles. The number of benzene rings is 2. The van der Waals surface area contributed by atoms with Gasteiger partial charge in [0.2, 0.25) is 5.91 Å². The highest BCUT2D eigenvalue weighted by Gasteiger charge is 2.02. The van der Waals surface area contributed by atoms with Crippen molar-refractivity contribution in [2.45, 2.75) is 13.3 Å². The van der Waals surface area contributed by atoms with Crippen LogP contribution in [0, 0.1) is 6.92 Å². The van der Waals surface area contributed by atoms with E-state index in [9.17, 15) is 9.90 Å². The second-order valence-electron chi connectivity index (χ2n) is 4.66. The number of aryl methyl sites for hydroxylation is 1. The number of hydrazone groups is 1. The third-order valence-electron chi connectivity index (χ3n) is 2.85. The quantitative estimate of drug-likeness (QED) is 0.659. The molecule has 0 spiro atoms. The van der Waals surface area contributed by atoms with Gasteiger partial charge in [-0.15, -0.1) is 0 Å². The number of hydrogen-bond acceptors (Lipinski definition) is 3. The Morgan fingerprint density at radius 2 is 2.00 bits per heavy atom. The Morgan fingerprint density at radius 3 is 2.71 bits per heavy atom. The van der Waals surface area contributed by atoms with E-state index in [0.717, 1.165) is 15.6 Å². The summed E-state index contributed by atoms with van der Waals surface area (Å²) in [4.78, 5) is 11.7. The predicted octanol–water partition coefficient (Wildman–Crippen LogP) is 3.16. The number of rotatable bonds is 4. The SMILES string of the molecule is Cc1ccc(O)c(/C=N\NC(=O)Cc2ccc(Br)cc2)c1. The van der Waals surface area contributed by atoms with Crippen molar-refractivity contribution in [1.29, 1.82) is 0 Å². The summed E-state index contributed by atoms with van der Waals surface area (Å²) in [6, 6.07) is 12.7. The van der Waals surface area contributed by atoms with Crippen LogP contribution in [0.15, 0.2) is 52.0 Å². The van der Waals surface area contributed by atoms with Gasteiger partial charge in [0.1, 0.15) is 5.75 Å². The fourth-order valence-electron chi connectivity index (χ4n) is 1.78. The topological polar surface area (TPSA) is 61.7 Å². The van der Waals surface area contributed by atoms with Crippen molar-refractivity contribution in [3.05, 3.63) is 63.6 Å². The lowest BCUT2D eigenvalue weighted by molar-refractivity contribution is -0.120. The minimum Gasteiger partial charge on any atom is -0.507 e. The number of aromatic hydroxyl groups is 1. The maximum Gasteiger partial charge on any atom is 0.244 e. The molecule has 0 unspecified atom stereocenters. The maximum atomic E-state index is 11.7. The summed E-state index contributed by atoms with van der Waals surface area (Å²) in [5.41, 5.74) is 4.93. The number of amides is 1. The molecule has 1 amide bonds. The molecular weight excluding hydrogens is 332 g/mol. The van der Waals surface area contributed by atoms with Crippen LogP contribution in [0.2, 0.25) is 0 Å². The highest BCUT2D eigenvalue weighted by Crippen LogP contribution is 2.15. The highest BCUT2D eigenvalue weighted by molar-refractivity contribution is 9.10. The van der Waals surface area contributed by atoms with Crippen LogP contribution in [0.1, 0.15) is 16.7 Å². The number of carbonyl (C=O) groups excluding carboxylic acids is 1. The van der Waals surface area contributed by atoms with Crippen LogP contribution in [-0.2, 0) is 11.2 Å². The normalized spacial score (nSPS) is 10.8. The van der Waals surface area contributed by atoms with Crippen LogP contribution >= 0.6 is 15.9 Å². The van der Waals surface area contributed by atoms with Crippen LogP contribution in [0.4, 0.5) is 0 Å². The van der Waals surface area contributed by atoms with Gasteiger partial charge in [-0.1, -0.05) is 39.7 Å². The number of halogens is 1. The van der Waals surface area contributed by atoms with Crippen molar-refractivity contribution in [3.8, 4) is 5.75 Å². The highest BCUT2D eigenvalue weighted by atomic mass is 79.9. The van der Waals surface area contributed by atoms with Crippen molar-refractivity contribution in [2.75, 3.05) is 0 Å². The molecule has 0 atom stereocenters. The maximum absolute atomic E-state index is 11.7. The fraction of sp³-hybridized carbons (Fsp3) is 0.125. The van der Waals surface area contributed by atoms with Gasteiger partial charge in [0.05, 0.1) is 12.6 Å². The standard InChI is InChI=1S/C16H15BrN2O2/c1-11-2-7-15(20)13(8-11)10-18-19-16(21)9-12-3-5-14(17)6-4-12/h2-8,10,20H,9H2,1H3,(H,19,21)/b18-10-. The van der Waals surface area contributed by atoms with Crippen LogP contribution in [0.3, 0.4) is 0 Å². The third-order valence-corrected chi connectivity index (χ3v) is 3.38. The minimum absolute atomic E-state index is 0.131. The lowest BCUT2D eigenvalue weighted by Gasteiger charge is -2.02. The molecule has 0 saturated carbocycles. The second kappa shape index (κ2) is 7.04. The van der Waals surface area contributed by atoms with Crippen LogP contribution in [0.5, 0.6) is 5.75 Å². The largest absolute Gasteiger partial charge is 0.507 e. The summed E-state index contributed by atoms with van der Waals surface area (Å²) in [6.45, 7) is 1.92. The summed E-state index contributed by atoms with van der Waals surface area (Å²) in [6.07, 6.45) is 1.69. The van der Waals surface area contributed by atoms with E-state index in [0.29, 0.717) is 5.56 Å². The van der Waals surface area contributed by atoms with Gasteiger partial charge in [0.25, 0.3) is 0 Å². The van der Waals surface area contributed by atoms with E-state index in [-0.39, 0.29) is 18.1 Å². The average Bonchev–Trinajstić information content (AvgIpc) is 2.45. The lowest BCUT2D eigenvalue weighted by atomic mass is 10.1. The minimum atomic E-state index is -0.208. The molecule has 0 fully saturated rings. The zero-order valence-corrected chi connectivity index (χ0v) is 13.1. The molecule has 2 aromatic rings. The van der Waals surface area contributed by atoms with E-state index < -0.39 is 0 Å². The number of carbonyl (C=O) groups is 1. The van der Waals surface area contributed by atoms with Gasteiger partial charge in [0, 0.05) is 10.0 Å². The van der Waals surface area contributed by atoms with E-state index in [1.807, 2.05) is 31.2 Å². The molecule has 21 heavy (non-hydrogen) atoms. The molecule has 0 aliphatic carbocycles. The van der Waals surface area contributed by atoms with Gasteiger partial charge in [-0.3, -0.25) is 4.79 Å². The van der Waals surface area contributed by atoms with Gasteiger partial charge in [-0.25, -0.2) is 5.43 Å².